The summed E-state index contributed by atoms with van der Waals surface area (Å²) in [5.74, 6) is -0.0218. The number of benzene rings is 2. The summed E-state index contributed by atoms with van der Waals surface area (Å²) in [5.41, 5.74) is 0.769. The molecule has 0 aliphatic heterocycles. The molecular formula is C23H27Cl3N2O3. The Balaban J connectivity index is 2.20. The number of nitrogens with one attached hydrogen (secondary N) is 1. The van der Waals surface area contributed by atoms with Crippen molar-refractivity contribution < 1.29 is 14.3 Å². The van der Waals surface area contributed by atoms with Gasteiger partial charge in [-0.25, -0.2) is 0 Å². The van der Waals surface area contributed by atoms with Crippen molar-refractivity contribution in [1.29, 1.82) is 0 Å². The second-order valence-corrected chi connectivity index (χ2v) is 8.34. The minimum atomic E-state index is -0.637. The van der Waals surface area contributed by atoms with Crippen LogP contribution < -0.4 is 10.1 Å². The van der Waals surface area contributed by atoms with E-state index in [0.717, 1.165) is 18.4 Å². The molecule has 0 aliphatic rings. The lowest BCUT2D eigenvalue weighted by Crippen LogP contribution is -2.50. The maximum atomic E-state index is 13.1. The van der Waals surface area contributed by atoms with Gasteiger partial charge in [-0.3, -0.25) is 9.59 Å². The third kappa shape index (κ3) is 7.91. The van der Waals surface area contributed by atoms with E-state index in [1.807, 2.05) is 6.92 Å². The highest BCUT2D eigenvalue weighted by molar-refractivity contribution is 6.42. The van der Waals surface area contributed by atoms with Gasteiger partial charge < -0.3 is 15.0 Å². The first-order valence-corrected chi connectivity index (χ1v) is 11.4. The van der Waals surface area contributed by atoms with Gasteiger partial charge in [-0.05, 0) is 48.7 Å². The predicted molar refractivity (Wildman–Crippen MR) is 126 cm³/mol. The van der Waals surface area contributed by atoms with Gasteiger partial charge in [0.1, 0.15) is 11.8 Å². The molecule has 0 saturated carbocycles. The minimum absolute atomic E-state index is 0.188. The highest BCUT2D eigenvalue weighted by atomic mass is 35.5. The topological polar surface area (TPSA) is 58.6 Å². The highest BCUT2D eigenvalue weighted by Gasteiger charge is 2.29. The number of carbonyl (C=O) groups is 2. The Morgan fingerprint density at radius 3 is 2.48 bits per heavy atom. The molecule has 8 heteroatoms. The van der Waals surface area contributed by atoms with E-state index < -0.39 is 6.04 Å². The van der Waals surface area contributed by atoms with E-state index in [4.69, 9.17) is 39.5 Å². The number of carbonyl (C=O) groups excluding carboxylic acids is 2. The fourth-order valence-electron chi connectivity index (χ4n) is 3.05. The van der Waals surface area contributed by atoms with Crippen LogP contribution >= 0.6 is 34.8 Å². The number of hydrogen-bond acceptors (Lipinski definition) is 3. The SMILES string of the molecule is CCCCNC(=O)C(CC)N(Cc1ccc(Cl)c(Cl)c1)C(=O)COc1cccc(Cl)c1. The molecule has 2 aromatic carbocycles. The number of unbranched alkanes of at least 4 members (excludes halogenated alkanes) is 1. The zero-order chi connectivity index (χ0) is 22.8. The molecule has 2 amide bonds. The number of ether oxygens (including phenoxy) is 1. The Hall–Kier alpha value is -1.95. The molecule has 1 unspecified atom stereocenters. The molecule has 0 heterocycles. The number of rotatable bonds is 11. The summed E-state index contributed by atoms with van der Waals surface area (Å²) >= 11 is 18.1. The number of amides is 2. The molecule has 2 rings (SSSR count). The molecular weight excluding hydrogens is 459 g/mol. The Morgan fingerprint density at radius 1 is 1.06 bits per heavy atom. The second kappa shape index (κ2) is 12.8. The molecule has 0 saturated heterocycles. The van der Waals surface area contributed by atoms with E-state index in [2.05, 4.69) is 12.2 Å². The van der Waals surface area contributed by atoms with Crippen LogP contribution in [0.4, 0.5) is 0 Å². The van der Waals surface area contributed by atoms with Crippen LogP contribution in [0.1, 0.15) is 38.7 Å². The largest absolute Gasteiger partial charge is 0.484 e. The average Bonchev–Trinajstić information content (AvgIpc) is 2.74. The Morgan fingerprint density at radius 2 is 1.84 bits per heavy atom. The molecule has 0 aromatic heterocycles. The summed E-state index contributed by atoms with van der Waals surface area (Å²) < 4.78 is 5.63. The summed E-state index contributed by atoms with van der Waals surface area (Å²) in [5, 5.41) is 4.25. The lowest BCUT2D eigenvalue weighted by atomic mass is 10.1. The van der Waals surface area contributed by atoms with E-state index >= 15 is 0 Å². The zero-order valence-corrected chi connectivity index (χ0v) is 19.9. The van der Waals surface area contributed by atoms with Crippen molar-refractivity contribution in [3.8, 4) is 5.75 Å². The maximum Gasteiger partial charge on any atom is 0.261 e. The smallest absolute Gasteiger partial charge is 0.261 e. The van der Waals surface area contributed by atoms with Gasteiger partial charge in [0.05, 0.1) is 10.0 Å². The van der Waals surface area contributed by atoms with Crippen LogP contribution in [0.15, 0.2) is 42.5 Å². The van der Waals surface area contributed by atoms with Gasteiger partial charge in [-0.1, -0.05) is 67.2 Å². The summed E-state index contributed by atoms with van der Waals surface area (Å²) in [6.45, 7) is 4.47. The van der Waals surface area contributed by atoms with E-state index in [9.17, 15) is 9.59 Å². The van der Waals surface area contributed by atoms with Crippen LogP contribution in [-0.4, -0.2) is 35.9 Å². The maximum absolute atomic E-state index is 13.1. The third-order valence-electron chi connectivity index (χ3n) is 4.71. The van der Waals surface area contributed by atoms with Crippen LogP contribution in [-0.2, 0) is 16.1 Å². The number of halogens is 3. The van der Waals surface area contributed by atoms with Gasteiger partial charge in [0.25, 0.3) is 5.91 Å². The van der Waals surface area contributed by atoms with Crippen molar-refractivity contribution in [2.75, 3.05) is 13.2 Å². The first kappa shape index (κ1) is 25.3. The van der Waals surface area contributed by atoms with Crippen molar-refractivity contribution in [3.63, 3.8) is 0 Å². The van der Waals surface area contributed by atoms with Gasteiger partial charge in [0.15, 0.2) is 6.61 Å². The predicted octanol–water partition coefficient (Wildman–Crippen LogP) is 5.75. The van der Waals surface area contributed by atoms with Crippen molar-refractivity contribution >= 4 is 46.6 Å². The molecule has 0 spiro atoms. The average molecular weight is 486 g/mol. The monoisotopic (exact) mass is 484 g/mol. The van der Waals surface area contributed by atoms with Crippen LogP contribution in [0.5, 0.6) is 5.75 Å². The van der Waals surface area contributed by atoms with Crippen LogP contribution in [0.3, 0.4) is 0 Å². The van der Waals surface area contributed by atoms with Gasteiger partial charge >= 0.3 is 0 Å². The number of nitrogens with zero attached hydrogens (tertiary/aromatic N) is 1. The summed E-state index contributed by atoms with van der Waals surface area (Å²) in [7, 11) is 0. The van der Waals surface area contributed by atoms with E-state index in [0.29, 0.717) is 33.8 Å². The summed E-state index contributed by atoms with van der Waals surface area (Å²) in [6.07, 6.45) is 2.31. The molecule has 1 atom stereocenters. The number of hydrogen-bond donors (Lipinski definition) is 1. The van der Waals surface area contributed by atoms with E-state index in [1.54, 1.807) is 42.5 Å². The molecule has 0 bridgehead atoms. The Labute approximate surface area is 198 Å². The third-order valence-corrected chi connectivity index (χ3v) is 5.68. The van der Waals surface area contributed by atoms with E-state index in [1.165, 1.54) is 4.90 Å². The molecule has 2 aromatic rings. The molecule has 0 fully saturated rings. The first-order chi connectivity index (χ1) is 14.8. The fourth-order valence-corrected chi connectivity index (χ4v) is 3.55. The van der Waals surface area contributed by atoms with Gasteiger partial charge in [0, 0.05) is 18.1 Å². The van der Waals surface area contributed by atoms with Crippen molar-refractivity contribution in [2.45, 2.75) is 45.7 Å². The lowest BCUT2D eigenvalue weighted by Gasteiger charge is -2.30. The van der Waals surface area contributed by atoms with Gasteiger partial charge in [-0.2, -0.15) is 0 Å². The van der Waals surface area contributed by atoms with Crippen LogP contribution in [0.25, 0.3) is 0 Å². The molecule has 5 nitrogen and oxygen atoms in total. The zero-order valence-electron chi connectivity index (χ0n) is 17.7. The first-order valence-electron chi connectivity index (χ1n) is 10.2. The second-order valence-electron chi connectivity index (χ2n) is 7.08. The highest BCUT2D eigenvalue weighted by Crippen LogP contribution is 2.24. The Kier molecular flexibility index (Phi) is 10.4. The van der Waals surface area contributed by atoms with Crippen molar-refractivity contribution in [3.05, 3.63) is 63.1 Å². The van der Waals surface area contributed by atoms with Gasteiger partial charge in [0.2, 0.25) is 5.91 Å². The molecule has 0 aliphatic carbocycles. The molecule has 31 heavy (non-hydrogen) atoms. The molecule has 0 radical (unpaired) electrons. The summed E-state index contributed by atoms with van der Waals surface area (Å²) in [4.78, 5) is 27.5. The fraction of sp³-hybridized carbons (Fsp3) is 0.391. The lowest BCUT2D eigenvalue weighted by molar-refractivity contribution is -0.143. The summed E-state index contributed by atoms with van der Waals surface area (Å²) in [6, 6.07) is 11.3. The van der Waals surface area contributed by atoms with Crippen LogP contribution in [0.2, 0.25) is 15.1 Å². The van der Waals surface area contributed by atoms with E-state index in [-0.39, 0.29) is 25.0 Å². The molecule has 1 N–H and O–H groups in total. The van der Waals surface area contributed by atoms with Crippen LogP contribution in [0, 0.1) is 0 Å². The Bertz CT molecular complexity index is 892. The van der Waals surface area contributed by atoms with Crippen molar-refractivity contribution in [2.24, 2.45) is 0 Å². The normalized spacial score (nSPS) is 11.6. The standard InChI is InChI=1S/C23H27Cl3N2O3/c1-3-5-11-27-23(30)21(4-2)28(14-16-9-10-19(25)20(26)12-16)22(29)15-31-18-8-6-7-17(24)13-18/h6-10,12-13,21H,3-5,11,14-15H2,1-2H3,(H,27,30). The minimum Gasteiger partial charge on any atom is -0.484 e. The van der Waals surface area contributed by atoms with Gasteiger partial charge in [-0.15, -0.1) is 0 Å². The quantitative estimate of drug-likeness (QED) is 0.412. The molecule has 168 valence electrons. The van der Waals surface area contributed by atoms with Crippen molar-refractivity contribution in [1.82, 2.24) is 10.2 Å².